The lowest BCUT2D eigenvalue weighted by Crippen LogP contribution is -1.96. The third kappa shape index (κ3) is 10.00. The largest absolute Gasteiger partial charge is 0.478 e. The molecule has 12 heteroatoms. The Morgan fingerprint density at radius 2 is 0.868 bits per heavy atom. The van der Waals surface area contributed by atoms with Gasteiger partial charge in [-0.3, -0.25) is 30.2 Å². The van der Waals surface area contributed by atoms with Crippen LogP contribution in [0, 0.1) is 20.2 Å². The first-order valence-corrected chi connectivity index (χ1v) is 10.9. The molecular formula is C26H22N4O8. The number of nitro benzene ring substituents is 2. The van der Waals surface area contributed by atoms with Crippen molar-refractivity contribution in [1.82, 2.24) is 9.97 Å². The van der Waals surface area contributed by atoms with E-state index in [2.05, 4.69) is 34.2 Å². The number of benzene rings is 2. The van der Waals surface area contributed by atoms with Gasteiger partial charge in [0.25, 0.3) is 11.4 Å². The van der Waals surface area contributed by atoms with E-state index in [4.69, 9.17) is 10.2 Å². The molecule has 0 saturated heterocycles. The number of hydrogen-bond acceptors (Lipinski definition) is 8. The van der Waals surface area contributed by atoms with Gasteiger partial charge in [-0.1, -0.05) is 0 Å². The maximum atomic E-state index is 10.3. The van der Waals surface area contributed by atoms with E-state index in [1.54, 1.807) is 0 Å². The van der Waals surface area contributed by atoms with Crippen molar-refractivity contribution in [2.75, 3.05) is 0 Å². The third-order valence-corrected chi connectivity index (χ3v) is 4.85. The molecule has 2 aromatic heterocycles. The van der Waals surface area contributed by atoms with Gasteiger partial charge in [0.1, 0.15) is 0 Å². The highest BCUT2D eigenvalue weighted by molar-refractivity contribution is 5.88. The topological polar surface area (TPSA) is 187 Å². The van der Waals surface area contributed by atoms with Crippen molar-refractivity contribution < 1.29 is 29.6 Å². The first-order chi connectivity index (χ1) is 18.2. The van der Waals surface area contributed by atoms with Gasteiger partial charge in [0, 0.05) is 49.1 Å². The fraction of sp³-hybridized carbons (Fsp3) is 0.0769. The molecule has 0 unspecified atom stereocenters. The van der Waals surface area contributed by atoms with Crippen LogP contribution < -0.4 is 0 Å². The predicted molar refractivity (Wildman–Crippen MR) is 136 cm³/mol. The summed E-state index contributed by atoms with van der Waals surface area (Å²) in [6, 6.07) is 17.6. The highest BCUT2D eigenvalue weighted by atomic mass is 16.6. The van der Waals surface area contributed by atoms with Crippen LogP contribution in [0.2, 0.25) is 0 Å². The Morgan fingerprint density at radius 3 is 1.11 bits per heavy atom. The Balaban J connectivity index is 0.000000201. The smallest absolute Gasteiger partial charge is 0.335 e. The molecule has 0 saturated carbocycles. The molecule has 0 amide bonds. The lowest BCUT2D eigenvalue weighted by molar-refractivity contribution is -0.385. The summed E-state index contributed by atoms with van der Waals surface area (Å²) >= 11 is 0. The van der Waals surface area contributed by atoms with Gasteiger partial charge in [-0.15, -0.1) is 0 Å². The van der Waals surface area contributed by atoms with Gasteiger partial charge in [-0.2, -0.15) is 0 Å². The molecule has 2 aromatic carbocycles. The first kappa shape index (κ1) is 28.7. The summed E-state index contributed by atoms with van der Waals surface area (Å²) in [5.41, 5.74) is 2.52. The van der Waals surface area contributed by atoms with E-state index in [1.807, 2.05) is 24.8 Å². The number of carboxylic acid groups (broad SMARTS) is 2. The van der Waals surface area contributed by atoms with Crippen LogP contribution in [-0.4, -0.2) is 42.0 Å². The number of pyridine rings is 2. The van der Waals surface area contributed by atoms with Gasteiger partial charge >= 0.3 is 11.9 Å². The number of rotatable bonds is 7. The van der Waals surface area contributed by atoms with E-state index in [0.29, 0.717) is 0 Å². The lowest BCUT2D eigenvalue weighted by Gasteiger charge is -2.00. The quantitative estimate of drug-likeness (QED) is 0.253. The summed E-state index contributed by atoms with van der Waals surface area (Å²) in [7, 11) is 0. The van der Waals surface area contributed by atoms with E-state index in [1.165, 1.54) is 35.4 Å². The maximum Gasteiger partial charge on any atom is 0.335 e. The average Bonchev–Trinajstić information content (AvgIpc) is 2.94. The Bertz CT molecular complexity index is 1170. The second-order valence-electron chi connectivity index (χ2n) is 7.43. The van der Waals surface area contributed by atoms with Crippen LogP contribution in [0.5, 0.6) is 0 Å². The minimum atomic E-state index is -1.09. The number of carbonyl (C=O) groups is 2. The summed E-state index contributed by atoms with van der Waals surface area (Å²) in [6.07, 6.45) is 9.46. The third-order valence-electron chi connectivity index (χ3n) is 4.85. The number of aryl methyl sites for hydroxylation is 2. The van der Waals surface area contributed by atoms with Crippen molar-refractivity contribution in [2.45, 2.75) is 12.8 Å². The van der Waals surface area contributed by atoms with Gasteiger partial charge in [-0.05, 0) is 72.5 Å². The highest BCUT2D eigenvalue weighted by Crippen LogP contribution is 2.12. The Hall–Kier alpha value is -5.52. The van der Waals surface area contributed by atoms with Crippen LogP contribution in [-0.2, 0) is 12.8 Å². The normalized spacial score (nSPS) is 9.58. The summed E-state index contributed by atoms with van der Waals surface area (Å²) < 4.78 is 0. The number of aromatic carboxylic acids is 2. The predicted octanol–water partition coefficient (Wildman–Crippen LogP) is 4.85. The summed E-state index contributed by atoms with van der Waals surface area (Å²) in [6.45, 7) is 0. The van der Waals surface area contributed by atoms with Gasteiger partial charge in [0.2, 0.25) is 0 Å². The monoisotopic (exact) mass is 518 g/mol. The number of aromatic nitrogens is 2. The van der Waals surface area contributed by atoms with Crippen molar-refractivity contribution in [2.24, 2.45) is 0 Å². The van der Waals surface area contributed by atoms with Gasteiger partial charge in [0.05, 0.1) is 21.0 Å². The summed E-state index contributed by atoms with van der Waals surface area (Å²) in [4.78, 5) is 47.7. The molecule has 0 fully saturated rings. The molecule has 4 rings (SSSR count). The molecule has 2 heterocycles. The Kier molecular flexibility index (Phi) is 11.2. The molecule has 38 heavy (non-hydrogen) atoms. The van der Waals surface area contributed by atoms with Crippen LogP contribution in [0.1, 0.15) is 31.8 Å². The van der Waals surface area contributed by atoms with Crippen molar-refractivity contribution in [1.29, 1.82) is 0 Å². The molecule has 0 aliphatic rings. The molecule has 0 radical (unpaired) electrons. The number of non-ortho nitro benzene ring substituents is 2. The number of hydrogen-bond donors (Lipinski definition) is 2. The fourth-order valence-corrected chi connectivity index (χ4v) is 2.84. The first-order valence-electron chi connectivity index (χ1n) is 10.9. The summed E-state index contributed by atoms with van der Waals surface area (Å²) in [5, 5.41) is 37.2. The molecular weight excluding hydrogens is 496 g/mol. The SMILES string of the molecule is O=C(O)c1ccc([N+](=O)[O-])cc1.O=C(O)c1ccc([N+](=O)[O-])cc1.c1cc(CCc2ccncc2)ccn1. The van der Waals surface area contributed by atoms with E-state index in [0.717, 1.165) is 37.1 Å². The number of nitrogens with zero attached hydrogens (tertiary/aromatic N) is 4. The van der Waals surface area contributed by atoms with Crippen LogP contribution >= 0.6 is 0 Å². The molecule has 0 aliphatic heterocycles. The van der Waals surface area contributed by atoms with Gasteiger partial charge < -0.3 is 10.2 Å². The van der Waals surface area contributed by atoms with Crippen LogP contribution in [0.3, 0.4) is 0 Å². The molecule has 0 spiro atoms. The Morgan fingerprint density at radius 1 is 0.579 bits per heavy atom. The van der Waals surface area contributed by atoms with Crippen molar-refractivity contribution in [3.05, 3.63) is 140 Å². The standard InChI is InChI=1S/C12H12N2.2C7H5NO4/c1(11-3-7-13-8-4-11)2-12-5-9-14-10-6-12;2*9-7(10)5-1-3-6(4-2-5)8(11)12/h3-10H,1-2H2;2*1-4H,(H,9,10). The van der Waals surface area contributed by atoms with E-state index in [9.17, 15) is 29.8 Å². The zero-order chi connectivity index (χ0) is 27.9. The Labute approximate surface area is 216 Å². The second-order valence-corrected chi connectivity index (χ2v) is 7.43. The molecule has 4 aromatic rings. The van der Waals surface area contributed by atoms with Crippen LogP contribution in [0.25, 0.3) is 0 Å². The van der Waals surface area contributed by atoms with Crippen LogP contribution in [0.4, 0.5) is 11.4 Å². The van der Waals surface area contributed by atoms with Gasteiger partial charge in [-0.25, -0.2) is 9.59 Å². The molecule has 2 N–H and O–H groups in total. The number of carboxylic acids is 2. The molecule has 0 aliphatic carbocycles. The van der Waals surface area contributed by atoms with E-state index in [-0.39, 0.29) is 22.5 Å². The van der Waals surface area contributed by atoms with E-state index >= 15 is 0 Å². The second kappa shape index (κ2) is 14.8. The van der Waals surface area contributed by atoms with E-state index < -0.39 is 21.8 Å². The minimum absolute atomic E-state index is 0.0422. The molecule has 12 nitrogen and oxygen atoms in total. The number of nitro groups is 2. The zero-order valence-corrected chi connectivity index (χ0v) is 19.8. The molecule has 194 valence electrons. The fourth-order valence-electron chi connectivity index (χ4n) is 2.84. The summed E-state index contributed by atoms with van der Waals surface area (Å²) in [5.74, 6) is -2.19. The maximum absolute atomic E-state index is 10.3. The molecule has 0 atom stereocenters. The molecule has 0 bridgehead atoms. The van der Waals surface area contributed by atoms with Crippen molar-refractivity contribution in [3.63, 3.8) is 0 Å². The van der Waals surface area contributed by atoms with Gasteiger partial charge in [0.15, 0.2) is 0 Å². The van der Waals surface area contributed by atoms with Crippen molar-refractivity contribution in [3.8, 4) is 0 Å². The average molecular weight is 518 g/mol. The minimum Gasteiger partial charge on any atom is -0.478 e. The lowest BCUT2D eigenvalue weighted by atomic mass is 10.1. The van der Waals surface area contributed by atoms with Crippen LogP contribution in [0.15, 0.2) is 97.6 Å². The van der Waals surface area contributed by atoms with Crippen molar-refractivity contribution >= 4 is 23.3 Å². The highest BCUT2D eigenvalue weighted by Gasteiger charge is 2.07. The zero-order valence-electron chi connectivity index (χ0n) is 19.8.